The highest BCUT2D eigenvalue weighted by molar-refractivity contribution is 7.89. The van der Waals surface area contributed by atoms with E-state index in [0.717, 1.165) is 12.0 Å². The number of sulfonamides is 1. The van der Waals surface area contributed by atoms with Crippen LogP contribution in [0.3, 0.4) is 0 Å². The zero-order valence-electron chi connectivity index (χ0n) is 12.5. The van der Waals surface area contributed by atoms with Crippen molar-refractivity contribution in [1.29, 1.82) is 0 Å². The van der Waals surface area contributed by atoms with Gasteiger partial charge in [-0.05, 0) is 12.8 Å². The van der Waals surface area contributed by atoms with E-state index in [2.05, 4.69) is 5.10 Å². The van der Waals surface area contributed by atoms with Gasteiger partial charge in [-0.25, -0.2) is 12.7 Å². The van der Waals surface area contributed by atoms with Crippen molar-refractivity contribution in [1.82, 2.24) is 14.1 Å². The minimum atomic E-state index is -3.54. The third kappa shape index (κ3) is 3.26. The summed E-state index contributed by atoms with van der Waals surface area (Å²) in [5, 5.41) is 3.34. The second kappa shape index (κ2) is 6.15. The number of ether oxygens (including phenoxy) is 1. The molecule has 7 nitrogen and oxygen atoms in total. The molecule has 0 spiro atoms. The van der Waals surface area contributed by atoms with Gasteiger partial charge < -0.3 is 4.74 Å². The van der Waals surface area contributed by atoms with Gasteiger partial charge >= 0.3 is 5.97 Å². The fraction of sp³-hybridized carbons (Fsp3) is 0.692. The number of aryl methyl sites for hydroxylation is 1. The molecule has 0 aliphatic heterocycles. The number of hydrogen-bond acceptors (Lipinski definition) is 5. The van der Waals surface area contributed by atoms with Gasteiger partial charge in [0.15, 0.2) is 0 Å². The van der Waals surface area contributed by atoms with Gasteiger partial charge in [-0.15, -0.1) is 0 Å². The lowest BCUT2D eigenvalue weighted by Gasteiger charge is -2.24. The van der Waals surface area contributed by atoms with E-state index in [9.17, 15) is 13.2 Å². The van der Waals surface area contributed by atoms with Gasteiger partial charge in [-0.1, -0.05) is 6.42 Å². The zero-order valence-corrected chi connectivity index (χ0v) is 13.3. The fourth-order valence-electron chi connectivity index (χ4n) is 2.84. The molecule has 0 N–H and O–H groups in total. The molecule has 1 aliphatic rings. The molecule has 1 aliphatic carbocycles. The van der Waals surface area contributed by atoms with Gasteiger partial charge in [0.2, 0.25) is 10.0 Å². The molecule has 0 saturated heterocycles. The summed E-state index contributed by atoms with van der Waals surface area (Å²) >= 11 is 0. The molecule has 1 fully saturated rings. The monoisotopic (exact) mass is 315 g/mol. The molecule has 2 rings (SSSR count). The number of nitrogens with zero attached hydrogens (tertiary/aromatic N) is 3. The number of carbonyl (C=O) groups excluding carboxylic acids is 1. The molecule has 1 aromatic rings. The van der Waals surface area contributed by atoms with E-state index < -0.39 is 27.2 Å². The van der Waals surface area contributed by atoms with Crippen molar-refractivity contribution in [3.8, 4) is 0 Å². The van der Waals surface area contributed by atoms with Crippen molar-refractivity contribution in [3.05, 3.63) is 18.0 Å². The second-order valence-corrected chi connectivity index (χ2v) is 7.68. The molecule has 0 aromatic carbocycles. The molecular weight excluding hydrogens is 294 g/mol. The Labute approximate surface area is 124 Å². The van der Waals surface area contributed by atoms with Crippen molar-refractivity contribution in [3.63, 3.8) is 0 Å². The summed E-state index contributed by atoms with van der Waals surface area (Å²) in [6.45, 7) is 0.251. The van der Waals surface area contributed by atoms with Crippen LogP contribution in [0.1, 0.15) is 24.8 Å². The van der Waals surface area contributed by atoms with Crippen LogP contribution in [0.2, 0.25) is 0 Å². The highest BCUT2D eigenvalue weighted by Crippen LogP contribution is 2.33. The summed E-state index contributed by atoms with van der Waals surface area (Å²) in [5.74, 6) is -0.993. The largest absolute Gasteiger partial charge is 0.469 e. The second-order valence-electron chi connectivity index (χ2n) is 5.42. The number of methoxy groups -OCH3 is 1. The van der Waals surface area contributed by atoms with Crippen LogP contribution >= 0.6 is 0 Å². The van der Waals surface area contributed by atoms with Crippen molar-refractivity contribution in [2.24, 2.45) is 13.0 Å². The molecule has 0 amide bonds. The normalized spacial score (nSPS) is 22.7. The summed E-state index contributed by atoms with van der Waals surface area (Å²) in [6, 6.07) is 0. The van der Waals surface area contributed by atoms with Crippen molar-refractivity contribution in [2.75, 3.05) is 14.2 Å². The minimum Gasteiger partial charge on any atom is -0.469 e. The summed E-state index contributed by atoms with van der Waals surface area (Å²) in [7, 11) is 1.08. The van der Waals surface area contributed by atoms with E-state index in [4.69, 9.17) is 4.74 Å². The van der Waals surface area contributed by atoms with Gasteiger partial charge in [0.05, 0.1) is 24.5 Å². The molecule has 0 radical (unpaired) electrons. The van der Waals surface area contributed by atoms with Crippen LogP contribution in [0.25, 0.3) is 0 Å². The topological polar surface area (TPSA) is 81.5 Å². The lowest BCUT2D eigenvalue weighted by Crippen LogP contribution is -2.40. The van der Waals surface area contributed by atoms with Crippen LogP contribution in [0.15, 0.2) is 12.4 Å². The molecule has 8 heteroatoms. The van der Waals surface area contributed by atoms with Gasteiger partial charge in [-0.2, -0.15) is 5.10 Å². The summed E-state index contributed by atoms with van der Waals surface area (Å²) in [5.41, 5.74) is 0.816. The highest BCUT2D eigenvalue weighted by Gasteiger charge is 2.43. The molecule has 1 aromatic heterocycles. The van der Waals surface area contributed by atoms with Crippen LogP contribution in [-0.2, 0) is 33.1 Å². The maximum Gasteiger partial charge on any atom is 0.310 e. The smallest absolute Gasteiger partial charge is 0.310 e. The maximum atomic E-state index is 12.7. The number of esters is 1. The first kappa shape index (κ1) is 16.0. The van der Waals surface area contributed by atoms with E-state index in [1.807, 2.05) is 0 Å². The highest BCUT2D eigenvalue weighted by atomic mass is 32.2. The van der Waals surface area contributed by atoms with Gasteiger partial charge in [0.1, 0.15) is 0 Å². The quantitative estimate of drug-likeness (QED) is 0.740. The lowest BCUT2D eigenvalue weighted by atomic mass is 10.1. The SMILES string of the molecule is COC(=O)C1CCCC1S(=O)(=O)N(C)Cc1cnn(C)c1. The van der Waals surface area contributed by atoms with Crippen molar-refractivity contribution in [2.45, 2.75) is 31.1 Å². The number of rotatable bonds is 5. The molecule has 118 valence electrons. The van der Waals surface area contributed by atoms with Crippen LogP contribution in [0, 0.1) is 5.92 Å². The number of carbonyl (C=O) groups is 1. The van der Waals surface area contributed by atoms with E-state index in [1.165, 1.54) is 18.5 Å². The first-order chi connectivity index (χ1) is 9.86. The van der Waals surface area contributed by atoms with Crippen LogP contribution in [0.4, 0.5) is 0 Å². The van der Waals surface area contributed by atoms with Gasteiger partial charge in [0, 0.05) is 32.4 Å². The first-order valence-electron chi connectivity index (χ1n) is 6.86. The Bertz CT molecular complexity index is 611. The lowest BCUT2D eigenvalue weighted by molar-refractivity contribution is -0.145. The predicted molar refractivity (Wildman–Crippen MR) is 76.7 cm³/mol. The summed E-state index contributed by atoms with van der Waals surface area (Å²) in [6.07, 6.45) is 5.21. The van der Waals surface area contributed by atoms with Crippen LogP contribution in [-0.4, -0.2) is 47.9 Å². The van der Waals surface area contributed by atoms with Crippen molar-refractivity contribution < 1.29 is 17.9 Å². The average Bonchev–Trinajstić information content (AvgIpc) is 3.07. The first-order valence-corrected chi connectivity index (χ1v) is 8.37. The average molecular weight is 315 g/mol. The Morgan fingerprint density at radius 1 is 1.52 bits per heavy atom. The van der Waals surface area contributed by atoms with Gasteiger partial charge in [-0.3, -0.25) is 9.48 Å². The third-order valence-electron chi connectivity index (χ3n) is 3.94. The standard InChI is InChI=1S/C13H21N3O4S/c1-15-8-10(7-14-15)9-16(2)21(18,19)12-6-4-5-11(12)13(17)20-3/h7-8,11-12H,4-6,9H2,1-3H3. The molecule has 0 bridgehead atoms. The van der Waals surface area contributed by atoms with E-state index >= 15 is 0 Å². The number of hydrogen-bond donors (Lipinski definition) is 0. The molecule has 2 unspecified atom stereocenters. The minimum absolute atomic E-state index is 0.251. The maximum absolute atomic E-state index is 12.7. The van der Waals surface area contributed by atoms with E-state index in [0.29, 0.717) is 12.8 Å². The summed E-state index contributed by atoms with van der Waals surface area (Å²) < 4.78 is 33.0. The Morgan fingerprint density at radius 2 is 2.24 bits per heavy atom. The van der Waals surface area contributed by atoms with E-state index in [1.54, 1.807) is 24.1 Å². The summed E-state index contributed by atoms with van der Waals surface area (Å²) in [4.78, 5) is 11.7. The fourth-order valence-corrected chi connectivity index (χ4v) is 4.75. The molecule has 1 saturated carbocycles. The molecule has 21 heavy (non-hydrogen) atoms. The number of aromatic nitrogens is 2. The molecule has 2 atom stereocenters. The Morgan fingerprint density at radius 3 is 2.81 bits per heavy atom. The third-order valence-corrected chi connectivity index (χ3v) is 6.26. The van der Waals surface area contributed by atoms with Crippen molar-refractivity contribution >= 4 is 16.0 Å². The Balaban J connectivity index is 2.14. The molecular formula is C13H21N3O4S. The zero-order chi connectivity index (χ0) is 15.6. The predicted octanol–water partition coefficient (Wildman–Crippen LogP) is 0.523. The van der Waals surface area contributed by atoms with E-state index in [-0.39, 0.29) is 6.54 Å². The molecule has 1 heterocycles. The Kier molecular flexibility index (Phi) is 4.67. The van der Waals surface area contributed by atoms with Crippen LogP contribution in [0.5, 0.6) is 0 Å². The van der Waals surface area contributed by atoms with Crippen LogP contribution < -0.4 is 0 Å². The Hall–Kier alpha value is -1.41. The van der Waals surface area contributed by atoms with Gasteiger partial charge in [0.25, 0.3) is 0 Å².